The molecule has 3 aromatic rings. The molecule has 0 N–H and O–H groups in total. The van der Waals surface area contributed by atoms with Crippen molar-refractivity contribution in [3.8, 4) is 0 Å². The van der Waals surface area contributed by atoms with Gasteiger partial charge in [-0.2, -0.15) is 0 Å². The van der Waals surface area contributed by atoms with Gasteiger partial charge in [0.15, 0.2) is 5.16 Å². The maximum atomic E-state index is 12.8. The van der Waals surface area contributed by atoms with Crippen LogP contribution < -0.4 is 5.56 Å². The Morgan fingerprint density at radius 3 is 2.58 bits per heavy atom. The Morgan fingerprint density at radius 2 is 1.96 bits per heavy atom. The van der Waals surface area contributed by atoms with E-state index in [9.17, 15) is 9.59 Å². The van der Waals surface area contributed by atoms with Gasteiger partial charge in [-0.05, 0) is 36.8 Å². The molecule has 0 aliphatic heterocycles. The van der Waals surface area contributed by atoms with Crippen LogP contribution in [0.15, 0.2) is 46.3 Å². The third-order valence-electron chi connectivity index (χ3n) is 3.92. The van der Waals surface area contributed by atoms with Crippen molar-refractivity contribution in [1.82, 2.24) is 9.55 Å². The van der Waals surface area contributed by atoms with E-state index in [-0.39, 0.29) is 11.5 Å². The lowest BCUT2D eigenvalue weighted by atomic mass is 10.1. The fourth-order valence-corrected chi connectivity index (χ4v) is 3.63. The molecule has 124 valence electrons. The molecule has 0 saturated heterocycles. The molecule has 24 heavy (non-hydrogen) atoms. The summed E-state index contributed by atoms with van der Waals surface area (Å²) in [6.07, 6.45) is 0. The zero-order valence-corrected chi connectivity index (χ0v) is 14.6. The van der Waals surface area contributed by atoms with Gasteiger partial charge < -0.3 is 4.74 Å². The van der Waals surface area contributed by atoms with Crippen molar-refractivity contribution in [1.29, 1.82) is 0 Å². The predicted octanol–water partition coefficient (Wildman–Crippen LogP) is 3.22. The second-order valence-corrected chi connectivity index (χ2v) is 6.75. The van der Waals surface area contributed by atoms with Crippen LogP contribution >= 0.6 is 11.8 Å². The number of benzene rings is 2. The summed E-state index contributed by atoms with van der Waals surface area (Å²) in [5, 5.41) is 2.73. The lowest BCUT2D eigenvalue weighted by Crippen LogP contribution is -2.24. The van der Waals surface area contributed by atoms with E-state index < -0.39 is 5.25 Å². The van der Waals surface area contributed by atoms with Crippen molar-refractivity contribution in [3.63, 3.8) is 0 Å². The molecule has 0 spiro atoms. The highest BCUT2D eigenvalue weighted by Crippen LogP contribution is 2.25. The Kier molecular flexibility index (Phi) is 4.57. The van der Waals surface area contributed by atoms with Crippen LogP contribution in [-0.4, -0.2) is 27.9 Å². The number of ether oxygens (including phenoxy) is 1. The van der Waals surface area contributed by atoms with Crippen molar-refractivity contribution in [2.45, 2.75) is 30.8 Å². The summed E-state index contributed by atoms with van der Waals surface area (Å²) in [5.41, 5.74) is 0.552. The van der Waals surface area contributed by atoms with Gasteiger partial charge in [-0.3, -0.25) is 14.2 Å². The number of rotatable bonds is 4. The van der Waals surface area contributed by atoms with Crippen LogP contribution in [0, 0.1) is 0 Å². The van der Waals surface area contributed by atoms with E-state index in [4.69, 9.17) is 4.74 Å². The molecule has 2 aromatic carbocycles. The minimum Gasteiger partial charge on any atom is -0.468 e. The average molecular weight is 342 g/mol. The third-order valence-corrected chi connectivity index (χ3v) is 4.99. The molecule has 0 radical (unpaired) electrons. The van der Waals surface area contributed by atoms with Crippen LogP contribution in [0.25, 0.3) is 21.7 Å². The van der Waals surface area contributed by atoms with Crippen molar-refractivity contribution in [3.05, 3.63) is 46.8 Å². The summed E-state index contributed by atoms with van der Waals surface area (Å²) < 4.78 is 6.36. The third kappa shape index (κ3) is 2.89. The summed E-state index contributed by atoms with van der Waals surface area (Å²) in [4.78, 5) is 29.2. The van der Waals surface area contributed by atoms with E-state index in [2.05, 4.69) is 4.98 Å². The Bertz CT molecular complexity index is 981. The van der Waals surface area contributed by atoms with Crippen LogP contribution in [0.3, 0.4) is 0 Å². The number of carbonyl (C=O) groups excluding carboxylic acids is 1. The van der Waals surface area contributed by atoms with E-state index >= 15 is 0 Å². The highest BCUT2D eigenvalue weighted by Gasteiger charge is 2.19. The van der Waals surface area contributed by atoms with Crippen molar-refractivity contribution in [2.75, 3.05) is 7.11 Å². The fraction of sp³-hybridized carbons (Fsp3) is 0.278. The second-order valence-electron chi connectivity index (χ2n) is 5.44. The molecular formula is C18H18N2O3S. The quantitative estimate of drug-likeness (QED) is 0.315. The summed E-state index contributed by atoms with van der Waals surface area (Å²) in [5.74, 6) is -0.337. The number of carbonyl (C=O) groups is 1. The van der Waals surface area contributed by atoms with Gasteiger partial charge in [0.1, 0.15) is 5.25 Å². The molecule has 1 heterocycles. The number of esters is 1. The smallest absolute Gasteiger partial charge is 0.318 e. The van der Waals surface area contributed by atoms with Crippen molar-refractivity contribution >= 4 is 39.4 Å². The van der Waals surface area contributed by atoms with Gasteiger partial charge in [0, 0.05) is 6.54 Å². The first kappa shape index (κ1) is 16.5. The van der Waals surface area contributed by atoms with Crippen LogP contribution in [0.2, 0.25) is 0 Å². The highest BCUT2D eigenvalue weighted by atomic mass is 32.2. The first-order chi connectivity index (χ1) is 11.5. The number of hydrogen-bond acceptors (Lipinski definition) is 5. The normalized spacial score (nSPS) is 12.5. The number of fused-ring (bicyclic) bond motifs is 2. The van der Waals surface area contributed by atoms with Gasteiger partial charge in [0.25, 0.3) is 5.56 Å². The summed E-state index contributed by atoms with van der Waals surface area (Å²) >= 11 is 1.24. The minimum atomic E-state index is -0.433. The van der Waals surface area contributed by atoms with E-state index in [0.29, 0.717) is 22.6 Å². The summed E-state index contributed by atoms with van der Waals surface area (Å²) in [6, 6.07) is 11.7. The Labute approximate surface area is 143 Å². The van der Waals surface area contributed by atoms with E-state index in [1.54, 1.807) is 11.5 Å². The Balaban J connectivity index is 2.20. The van der Waals surface area contributed by atoms with Gasteiger partial charge in [0.2, 0.25) is 0 Å². The standard InChI is InChI=1S/C18H18N2O3S/c1-4-20-16(21)14-9-12-7-5-6-8-13(12)10-15(14)19-18(20)24-11(2)17(22)23-3/h5-11H,4H2,1-3H3/t11-/m1/s1. The lowest BCUT2D eigenvalue weighted by molar-refractivity contribution is -0.139. The zero-order valence-electron chi connectivity index (χ0n) is 13.8. The van der Waals surface area contributed by atoms with Crippen LogP contribution in [-0.2, 0) is 16.1 Å². The van der Waals surface area contributed by atoms with Gasteiger partial charge in [-0.15, -0.1) is 0 Å². The number of methoxy groups -OCH3 is 1. The summed E-state index contributed by atoms with van der Waals surface area (Å²) in [7, 11) is 1.35. The molecule has 5 nitrogen and oxygen atoms in total. The summed E-state index contributed by atoms with van der Waals surface area (Å²) in [6.45, 7) is 4.13. The number of hydrogen-bond donors (Lipinski definition) is 0. The molecule has 6 heteroatoms. The maximum Gasteiger partial charge on any atom is 0.318 e. The first-order valence-electron chi connectivity index (χ1n) is 7.73. The molecule has 0 fully saturated rings. The van der Waals surface area contributed by atoms with Crippen LogP contribution in [0.5, 0.6) is 0 Å². The molecule has 0 aliphatic carbocycles. The van der Waals surface area contributed by atoms with Gasteiger partial charge in [-0.1, -0.05) is 36.0 Å². The predicted molar refractivity (Wildman–Crippen MR) is 96.5 cm³/mol. The zero-order chi connectivity index (χ0) is 17.3. The van der Waals surface area contributed by atoms with Gasteiger partial charge in [0.05, 0.1) is 18.0 Å². The van der Waals surface area contributed by atoms with E-state index in [1.807, 2.05) is 43.3 Å². The molecule has 0 unspecified atom stereocenters. The highest BCUT2D eigenvalue weighted by molar-refractivity contribution is 8.00. The topological polar surface area (TPSA) is 61.2 Å². The monoisotopic (exact) mass is 342 g/mol. The van der Waals surface area contributed by atoms with Crippen LogP contribution in [0.1, 0.15) is 13.8 Å². The van der Waals surface area contributed by atoms with Crippen LogP contribution in [0.4, 0.5) is 0 Å². The Hall–Kier alpha value is -2.34. The number of thioether (sulfide) groups is 1. The van der Waals surface area contributed by atoms with E-state index in [0.717, 1.165) is 10.8 Å². The molecule has 0 aliphatic rings. The minimum absolute atomic E-state index is 0.0900. The fourth-order valence-electron chi connectivity index (χ4n) is 2.63. The molecule has 3 rings (SSSR count). The lowest BCUT2D eigenvalue weighted by Gasteiger charge is -2.14. The second kappa shape index (κ2) is 6.65. The number of nitrogens with zero attached hydrogens (tertiary/aromatic N) is 2. The van der Waals surface area contributed by atoms with Crippen molar-refractivity contribution in [2.24, 2.45) is 0 Å². The Morgan fingerprint density at radius 1 is 1.29 bits per heavy atom. The van der Waals surface area contributed by atoms with Gasteiger partial charge in [-0.25, -0.2) is 4.98 Å². The van der Waals surface area contributed by atoms with E-state index in [1.165, 1.54) is 18.9 Å². The first-order valence-corrected chi connectivity index (χ1v) is 8.61. The molecule has 1 aromatic heterocycles. The molecule has 0 amide bonds. The maximum absolute atomic E-state index is 12.8. The van der Waals surface area contributed by atoms with Gasteiger partial charge >= 0.3 is 5.97 Å². The molecule has 0 saturated carbocycles. The largest absolute Gasteiger partial charge is 0.468 e. The van der Waals surface area contributed by atoms with Crippen molar-refractivity contribution < 1.29 is 9.53 Å². The molecule has 0 bridgehead atoms. The molecular weight excluding hydrogens is 324 g/mol. The average Bonchev–Trinajstić information content (AvgIpc) is 2.60. The SMILES string of the molecule is CCn1c(S[C@H](C)C(=O)OC)nc2cc3ccccc3cc2c1=O. The number of aromatic nitrogens is 2. The molecule has 1 atom stereocenters.